The van der Waals surface area contributed by atoms with Gasteiger partial charge in [0.1, 0.15) is 6.54 Å². The number of benzene rings is 1. The normalized spacial score (nSPS) is 12.1. The lowest BCUT2D eigenvalue weighted by molar-refractivity contribution is -0.116. The Bertz CT molecular complexity index is 609. The minimum absolute atomic E-state index is 0.0736. The predicted molar refractivity (Wildman–Crippen MR) is 86.6 cm³/mol. The van der Waals surface area contributed by atoms with Crippen LogP contribution >= 0.6 is 11.6 Å². The lowest BCUT2D eigenvalue weighted by Crippen LogP contribution is -2.19. The summed E-state index contributed by atoms with van der Waals surface area (Å²) in [5.74, 6) is -0.0736. The van der Waals surface area contributed by atoms with E-state index in [0.717, 1.165) is 6.54 Å². The average Bonchev–Trinajstić information content (AvgIpc) is 2.87. The zero-order valence-electron chi connectivity index (χ0n) is 12.3. The second kappa shape index (κ2) is 7.29. The number of aromatic nitrogens is 1. The van der Waals surface area contributed by atoms with Gasteiger partial charge in [0.2, 0.25) is 5.91 Å². The van der Waals surface area contributed by atoms with Gasteiger partial charge in [-0.05, 0) is 43.3 Å². The van der Waals surface area contributed by atoms with Crippen LogP contribution in [-0.2, 0) is 11.3 Å². The summed E-state index contributed by atoms with van der Waals surface area (Å²) in [6.45, 7) is 5.38. The predicted octanol–water partition coefficient (Wildman–Crippen LogP) is 3.45. The van der Waals surface area contributed by atoms with E-state index in [1.807, 2.05) is 35.2 Å². The minimum Gasteiger partial charge on any atom is -0.345 e. The molecule has 4 nitrogen and oxygen atoms in total. The lowest BCUT2D eigenvalue weighted by Gasteiger charge is -2.10. The number of carbonyl (C=O) groups is 1. The van der Waals surface area contributed by atoms with Gasteiger partial charge in [0.25, 0.3) is 0 Å². The number of nitrogens with one attached hydrogen (secondary N) is 2. The Morgan fingerprint density at radius 3 is 2.90 bits per heavy atom. The van der Waals surface area contributed by atoms with E-state index in [-0.39, 0.29) is 18.5 Å². The first-order chi connectivity index (χ1) is 10.1. The number of hydrogen-bond acceptors (Lipinski definition) is 2. The lowest BCUT2D eigenvalue weighted by atomic mass is 10.2. The average molecular weight is 306 g/mol. The molecule has 0 radical (unpaired) electrons. The highest BCUT2D eigenvalue weighted by molar-refractivity contribution is 6.30. The monoisotopic (exact) mass is 305 g/mol. The molecule has 0 aliphatic heterocycles. The molecule has 1 unspecified atom stereocenters. The highest BCUT2D eigenvalue weighted by atomic mass is 35.5. The van der Waals surface area contributed by atoms with Crippen molar-refractivity contribution in [3.05, 3.63) is 53.3 Å². The van der Waals surface area contributed by atoms with Crippen LogP contribution in [0.25, 0.3) is 0 Å². The third-order valence-corrected chi connectivity index (χ3v) is 3.45. The molecule has 5 heteroatoms. The Hall–Kier alpha value is -1.78. The molecule has 112 valence electrons. The Morgan fingerprint density at radius 1 is 1.38 bits per heavy atom. The van der Waals surface area contributed by atoms with Crippen molar-refractivity contribution in [2.24, 2.45) is 0 Å². The number of halogens is 1. The van der Waals surface area contributed by atoms with Crippen molar-refractivity contribution in [2.45, 2.75) is 26.4 Å². The standard InChI is InChI=1S/C16H20ClN3O/c1-3-18-12(2)13-7-8-20(10-13)11-16(21)19-15-6-4-5-14(17)9-15/h4-10,12,18H,3,11H2,1-2H3,(H,19,21). The van der Waals surface area contributed by atoms with E-state index in [1.165, 1.54) is 5.56 Å². The van der Waals surface area contributed by atoms with E-state index in [4.69, 9.17) is 11.6 Å². The molecule has 0 fully saturated rings. The smallest absolute Gasteiger partial charge is 0.244 e. The zero-order chi connectivity index (χ0) is 15.2. The molecule has 2 N–H and O–H groups in total. The molecule has 0 aliphatic carbocycles. The van der Waals surface area contributed by atoms with Crippen LogP contribution < -0.4 is 10.6 Å². The summed E-state index contributed by atoms with van der Waals surface area (Å²) in [7, 11) is 0. The Balaban J connectivity index is 1.94. The molecule has 0 saturated heterocycles. The summed E-state index contributed by atoms with van der Waals surface area (Å²) in [5.41, 5.74) is 1.88. The van der Waals surface area contributed by atoms with E-state index in [9.17, 15) is 4.79 Å². The van der Waals surface area contributed by atoms with Gasteiger partial charge in [-0.15, -0.1) is 0 Å². The quantitative estimate of drug-likeness (QED) is 0.858. The van der Waals surface area contributed by atoms with Crippen LogP contribution in [0.1, 0.15) is 25.5 Å². The second-order valence-corrected chi connectivity index (χ2v) is 5.39. The summed E-state index contributed by atoms with van der Waals surface area (Å²) in [4.78, 5) is 12.0. The maximum absolute atomic E-state index is 12.0. The summed E-state index contributed by atoms with van der Waals surface area (Å²) in [6, 6.07) is 9.44. The number of carbonyl (C=O) groups excluding carboxylic acids is 1. The topological polar surface area (TPSA) is 46.1 Å². The fourth-order valence-electron chi connectivity index (χ4n) is 2.17. The van der Waals surface area contributed by atoms with Crippen LogP contribution in [0, 0.1) is 0 Å². The van der Waals surface area contributed by atoms with Crippen LogP contribution in [0.5, 0.6) is 0 Å². The summed E-state index contributed by atoms with van der Waals surface area (Å²) in [6.07, 6.45) is 3.91. The van der Waals surface area contributed by atoms with Gasteiger partial charge in [-0.1, -0.05) is 24.6 Å². The van der Waals surface area contributed by atoms with Crippen LogP contribution in [0.2, 0.25) is 5.02 Å². The molecule has 2 aromatic rings. The molecule has 1 heterocycles. The van der Waals surface area contributed by atoms with E-state index in [0.29, 0.717) is 10.7 Å². The van der Waals surface area contributed by atoms with Gasteiger partial charge in [0.05, 0.1) is 0 Å². The van der Waals surface area contributed by atoms with E-state index >= 15 is 0 Å². The van der Waals surface area contributed by atoms with Gasteiger partial charge in [0, 0.05) is 29.1 Å². The van der Waals surface area contributed by atoms with Crippen molar-refractivity contribution in [2.75, 3.05) is 11.9 Å². The van der Waals surface area contributed by atoms with Crippen molar-refractivity contribution >= 4 is 23.2 Å². The summed E-state index contributed by atoms with van der Waals surface area (Å²) in [5, 5.41) is 6.79. The Kier molecular flexibility index (Phi) is 5.42. The SMILES string of the molecule is CCNC(C)c1ccn(CC(=O)Nc2cccc(Cl)c2)c1. The Labute approximate surface area is 130 Å². The first-order valence-corrected chi connectivity index (χ1v) is 7.40. The number of hydrogen-bond donors (Lipinski definition) is 2. The van der Waals surface area contributed by atoms with Crippen molar-refractivity contribution in [3.8, 4) is 0 Å². The van der Waals surface area contributed by atoms with E-state index in [1.54, 1.807) is 12.1 Å². The molecule has 0 aliphatic rings. The van der Waals surface area contributed by atoms with Crippen molar-refractivity contribution < 1.29 is 4.79 Å². The molecule has 1 amide bonds. The van der Waals surface area contributed by atoms with Crippen molar-refractivity contribution in [1.82, 2.24) is 9.88 Å². The molecule has 1 atom stereocenters. The molecule has 2 rings (SSSR count). The molecule has 0 saturated carbocycles. The third-order valence-electron chi connectivity index (χ3n) is 3.22. The maximum atomic E-state index is 12.0. The van der Waals surface area contributed by atoms with Gasteiger partial charge >= 0.3 is 0 Å². The van der Waals surface area contributed by atoms with Crippen LogP contribution in [0.4, 0.5) is 5.69 Å². The van der Waals surface area contributed by atoms with Crippen molar-refractivity contribution in [3.63, 3.8) is 0 Å². The molecular weight excluding hydrogens is 286 g/mol. The van der Waals surface area contributed by atoms with Gasteiger partial charge in [-0.25, -0.2) is 0 Å². The first kappa shape index (κ1) is 15.6. The summed E-state index contributed by atoms with van der Waals surface area (Å²) < 4.78 is 1.88. The van der Waals surface area contributed by atoms with Gasteiger partial charge < -0.3 is 15.2 Å². The molecule has 21 heavy (non-hydrogen) atoms. The number of rotatable bonds is 6. The fourth-order valence-corrected chi connectivity index (χ4v) is 2.36. The van der Waals surface area contributed by atoms with Crippen LogP contribution in [-0.4, -0.2) is 17.0 Å². The minimum atomic E-state index is -0.0736. The molecular formula is C16H20ClN3O. The van der Waals surface area contributed by atoms with Crippen LogP contribution in [0.3, 0.4) is 0 Å². The summed E-state index contributed by atoms with van der Waals surface area (Å²) >= 11 is 5.89. The molecule has 0 bridgehead atoms. The Morgan fingerprint density at radius 2 is 2.19 bits per heavy atom. The maximum Gasteiger partial charge on any atom is 0.244 e. The molecule has 1 aromatic heterocycles. The first-order valence-electron chi connectivity index (χ1n) is 7.03. The zero-order valence-corrected chi connectivity index (χ0v) is 13.0. The highest BCUT2D eigenvalue weighted by Crippen LogP contribution is 2.15. The largest absolute Gasteiger partial charge is 0.345 e. The molecule has 1 aromatic carbocycles. The van der Waals surface area contributed by atoms with Crippen LogP contribution in [0.15, 0.2) is 42.7 Å². The number of nitrogens with zero attached hydrogens (tertiary/aromatic N) is 1. The highest BCUT2D eigenvalue weighted by Gasteiger charge is 2.08. The van der Waals surface area contributed by atoms with E-state index < -0.39 is 0 Å². The van der Waals surface area contributed by atoms with Gasteiger partial charge in [-0.2, -0.15) is 0 Å². The van der Waals surface area contributed by atoms with Gasteiger partial charge in [0.15, 0.2) is 0 Å². The number of amides is 1. The van der Waals surface area contributed by atoms with E-state index in [2.05, 4.69) is 24.5 Å². The second-order valence-electron chi connectivity index (χ2n) is 4.96. The molecule has 0 spiro atoms. The third kappa shape index (κ3) is 4.62. The van der Waals surface area contributed by atoms with Crippen molar-refractivity contribution in [1.29, 1.82) is 0 Å². The van der Waals surface area contributed by atoms with Gasteiger partial charge in [-0.3, -0.25) is 4.79 Å². The number of anilines is 1. The fraction of sp³-hybridized carbons (Fsp3) is 0.312.